The van der Waals surface area contributed by atoms with Gasteiger partial charge in [-0.3, -0.25) is 9.59 Å². The number of carbonyl (C=O) groups excluding carboxylic acids is 2. The van der Waals surface area contributed by atoms with Gasteiger partial charge in [-0.1, -0.05) is 44.2 Å². The summed E-state index contributed by atoms with van der Waals surface area (Å²) in [6.07, 6.45) is 0.961. The van der Waals surface area contributed by atoms with E-state index in [0.29, 0.717) is 62.1 Å². The number of hydrogen-bond donors (Lipinski definition) is 4. The molecule has 43 heavy (non-hydrogen) atoms. The fraction of sp³-hybridized carbons (Fsp3) is 0.412. The number of rotatable bonds is 18. The van der Waals surface area contributed by atoms with Gasteiger partial charge in [0.25, 0.3) is 5.91 Å². The molecule has 0 unspecified atom stereocenters. The lowest BCUT2D eigenvalue weighted by Gasteiger charge is -2.14. The van der Waals surface area contributed by atoms with Crippen molar-refractivity contribution < 1.29 is 34.0 Å². The largest absolute Gasteiger partial charge is 0.508 e. The molecule has 9 nitrogen and oxygen atoms in total. The molecule has 3 rings (SSSR count). The maximum absolute atomic E-state index is 12.3. The van der Waals surface area contributed by atoms with Crippen LogP contribution in [0.1, 0.15) is 65.9 Å². The molecule has 0 aliphatic carbocycles. The first-order valence-corrected chi connectivity index (χ1v) is 14.7. The Kier molecular flexibility index (Phi) is 14.0. The van der Waals surface area contributed by atoms with Gasteiger partial charge >= 0.3 is 5.97 Å². The number of phenols is 1. The van der Waals surface area contributed by atoms with Crippen LogP contribution in [-0.2, 0) is 33.9 Å². The van der Waals surface area contributed by atoms with Gasteiger partial charge in [0.15, 0.2) is 0 Å². The van der Waals surface area contributed by atoms with Crippen LogP contribution in [0.15, 0.2) is 66.7 Å². The van der Waals surface area contributed by atoms with Crippen molar-refractivity contribution in [1.29, 1.82) is 0 Å². The van der Waals surface area contributed by atoms with E-state index in [1.54, 1.807) is 12.1 Å². The van der Waals surface area contributed by atoms with Crippen molar-refractivity contribution in [3.63, 3.8) is 0 Å². The van der Waals surface area contributed by atoms with Crippen LogP contribution in [0.25, 0.3) is 0 Å². The Morgan fingerprint density at radius 1 is 0.907 bits per heavy atom. The van der Waals surface area contributed by atoms with Crippen LogP contribution in [0.4, 0.5) is 0 Å². The summed E-state index contributed by atoms with van der Waals surface area (Å²) in [4.78, 5) is 23.4. The summed E-state index contributed by atoms with van der Waals surface area (Å²) >= 11 is 0. The molecule has 9 heteroatoms. The molecule has 232 valence electrons. The SMILES string of the molecule is CC(=O)OCc1cc([C@@H](O)CNCCc2ccc(OCCOCc3cccc(C(=O)NCCC(C)C)c3)cc2)ccc1O. The van der Waals surface area contributed by atoms with E-state index in [0.717, 1.165) is 29.7 Å². The van der Waals surface area contributed by atoms with E-state index < -0.39 is 12.1 Å². The zero-order valence-electron chi connectivity index (χ0n) is 25.3. The Hall–Kier alpha value is -3.92. The molecule has 0 fully saturated rings. The number of carbonyl (C=O) groups is 2. The lowest BCUT2D eigenvalue weighted by Crippen LogP contribution is -2.25. The van der Waals surface area contributed by atoms with E-state index in [-0.39, 0.29) is 18.3 Å². The average Bonchev–Trinajstić information content (AvgIpc) is 2.99. The zero-order chi connectivity index (χ0) is 31.0. The molecule has 0 spiro atoms. The van der Waals surface area contributed by atoms with E-state index in [2.05, 4.69) is 24.5 Å². The first kappa shape index (κ1) is 33.6. The molecule has 3 aromatic rings. The molecule has 0 heterocycles. The van der Waals surface area contributed by atoms with Gasteiger partial charge in [-0.2, -0.15) is 0 Å². The summed E-state index contributed by atoms with van der Waals surface area (Å²) in [5.74, 6) is 0.822. The Morgan fingerprint density at radius 3 is 2.44 bits per heavy atom. The van der Waals surface area contributed by atoms with Gasteiger partial charge in [-0.25, -0.2) is 0 Å². The van der Waals surface area contributed by atoms with Crippen molar-refractivity contribution in [1.82, 2.24) is 10.6 Å². The number of esters is 1. The molecule has 0 saturated carbocycles. The van der Waals surface area contributed by atoms with Crippen LogP contribution in [0.5, 0.6) is 11.5 Å². The highest BCUT2D eigenvalue weighted by Gasteiger charge is 2.12. The predicted octanol–water partition coefficient (Wildman–Crippen LogP) is 4.69. The molecule has 3 aromatic carbocycles. The number of aliphatic hydroxyl groups excluding tert-OH is 1. The number of ether oxygens (including phenoxy) is 3. The lowest BCUT2D eigenvalue weighted by molar-refractivity contribution is -0.142. The van der Waals surface area contributed by atoms with Crippen LogP contribution < -0.4 is 15.4 Å². The Balaban J connectivity index is 1.31. The summed E-state index contributed by atoms with van der Waals surface area (Å²) in [6.45, 7) is 8.44. The zero-order valence-corrected chi connectivity index (χ0v) is 25.3. The van der Waals surface area contributed by atoms with Crippen LogP contribution >= 0.6 is 0 Å². The van der Waals surface area contributed by atoms with Crippen LogP contribution in [0.3, 0.4) is 0 Å². The standard InChI is InChI=1S/C34H44N2O7/c1-24(2)13-16-36-34(40)29-6-4-5-27(19-29)22-41-17-18-42-31-10-7-26(8-11-31)14-15-35-21-33(39)28-9-12-32(38)30(20-28)23-43-25(3)37/h4-12,19-20,24,33,35,38-39H,13-18,21-23H2,1-3H3,(H,36,40)/t33-/m0/s1. The van der Waals surface area contributed by atoms with Crippen molar-refractivity contribution in [2.75, 3.05) is 32.8 Å². The van der Waals surface area contributed by atoms with Crippen molar-refractivity contribution in [3.05, 3.63) is 94.5 Å². The van der Waals surface area contributed by atoms with E-state index in [1.807, 2.05) is 48.5 Å². The average molecular weight is 593 g/mol. The smallest absolute Gasteiger partial charge is 0.302 e. The fourth-order valence-corrected chi connectivity index (χ4v) is 4.24. The molecule has 0 saturated heterocycles. The third kappa shape index (κ3) is 12.5. The summed E-state index contributed by atoms with van der Waals surface area (Å²) in [7, 11) is 0. The lowest BCUT2D eigenvalue weighted by atomic mass is 10.1. The molecule has 0 bridgehead atoms. The van der Waals surface area contributed by atoms with Crippen molar-refractivity contribution in [2.24, 2.45) is 5.92 Å². The number of nitrogens with one attached hydrogen (secondary N) is 2. The normalized spacial score (nSPS) is 11.7. The Labute approximate surface area is 254 Å². The van der Waals surface area contributed by atoms with Crippen molar-refractivity contribution >= 4 is 11.9 Å². The fourth-order valence-electron chi connectivity index (χ4n) is 4.24. The molecule has 0 radical (unpaired) electrons. The maximum Gasteiger partial charge on any atom is 0.302 e. The third-order valence-corrected chi connectivity index (χ3v) is 6.73. The molecular formula is C34H44N2O7. The van der Waals surface area contributed by atoms with Gasteiger partial charge in [-0.05, 0) is 78.4 Å². The van der Waals surface area contributed by atoms with E-state index in [1.165, 1.54) is 13.0 Å². The van der Waals surface area contributed by atoms with Gasteiger partial charge in [0.05, 0.1) is 19.3 Å². The topological polar surface area (TPSA) is 126 Å². The van der Waals surface area contributed by atoms with Gasteiger partial charge in [0, 0.05) is 31.1 Å². The second-order valence-electron chi connectivity index (χ2n) is 10.8. The van der Waals surface area contributed by atoms with Gasteiger partial charge in [0.2, 0.25) is 0 Å². The number of aromatic hydroxyl groups is 1. The highest BCUT2D eigenvalue weighted by atomic mass is 16.5. The number of hydrogen-bond acceptors (Lipinski definition) is 8. The minimum Gasteiger partial charge on any atom is -0.508 e. The second kappa shape index (κ2) is 17.9. The number of amides is 1. The molecule has 0 aromatic heterocycles. The molecule has 0 aliphatic rings. The maximum atomic E-state index is 12.3. The van der Waals surface area contributed by atoms with Crippen LogP contribution in [0, 0.1) is 5.92 Å². The predicted molar refractivity (Wildman–Crippen MR) is 165 cm³/mol. The van der Waals surface area contributed by atoms with Gasteiger partial charge < -0.3 is 35.1 Å². The van der Waals surface area contributed by atoms with Crippen molar-refractivity contribution in [2.45, 2.75) is 52.9 Å². The van der Waals surface area contributed by atoms with Gasteiger partial charge in [-0.15, -0.1) is 0 Å². The van der Waals surface area contributed by atoms with Gasteiger partial charge in [0.1, 0.15) is 24.7 Å². The molecule has 1 amide bonds. The van der Waals surface area contributed by atoms with Crippen LogP contribution in [-0.4, -0.2) is 54.9 Å². The van der Waals surface area contributed by atoms with Crippen LogP contribution in [0.2, 0.25) is 0 Å². The number of phenolic OH excluding ortho intramolecular Hbond substituents is 1. The van der Waals surface area contributed by atoms with Crippen molar-refractivity contribution in [3.8, 4) is 11.5 Å². The van der Waals surface area contributed by atoms with E-state index in [4.69, 9.17) is 14.2 Å². The Morgan fingerprint density at radius 2 is 1.70 bits per heavy atom. The Bertz CT molecular complexity index is 1290. The molecule has 1 atom stereocenters. The first-order valence-electron chi connectivity index (χ1n) is 14.7. The highest BCUT2D eigenvalue weighted by molar-refractivity contribution is 5.94. The number of aliphatic hydroxyl groups is 1. The van der Waals surface area contributed by atoms with E-state index >= 15 is 0 Å². The summed E-state index contributed by atoms with van der Waals surface area (Å²) < 4.78 is 16.5. The monoisotopic (exact) mass is 592 g/mol. The molecule has 4 N–H and O–H groups in total. The van der Waals surface area contributed by atoms with E-state index in [9.17, 15) is 19.8 Å². The quantitative estimate of drug-likeness (QED) is 0.124. The summed E-state index contributed by atoms with van der Waals surface area (Å²) in [5, 5.41) is 26.7. The minimum absolute atomic E-state index is 0.0191. The third-order valence-electron chi connectivity index (χ3n) is 6.73. The number of benzene rings is 3. The first-order chi connectivity index (χ1) is 20.7. The summed E-state index contributed by atoms with van der Waals surface area (Å²) in [6, 6.07) is 20.1. The highest BCUT2D eigenvalue weighted by Crippen LogP contribution is 2.23. The minimum atomic E-state index is -0.766. The second-order valence-corrected chi connectivity index (χ2v) is 10.8. The molecular weight excluding hydrogens is 548 g/mol. The molecule has 0 aliphatic heterocycles. The summed E-state index contributed by atoms with van der Waals surface area (Å²) in [5.41, 5.74) is 3.79.